The Labute approximate surface area is 229 Å². The molecule has 5 heterocycles. The molecular weight excluding hydrogens is 516 g/mol. The summed E-state index contributed by atoms with van der Waals surface area (Å²) in [5, 5.41) is 17.3. The van der Waals surface area contributed by atoms with E-state index in [9.17, 15) is 9.59 Å². The van der Waals surface area contributed by atoms with Gasteiger partial charge in [-0.25, -0.2) is 0 Å². The standard InChI is InChI=1S/C25H43ClN6O4S/c1-13-6-14(15-7-22(26)29-10-20(15)36-3)16(9-28-13)23(33)31-25-30-18-11-32(12-21(18)37-25)24(34)17-8-27-5-4-19(17)35-2/h13-22,25,27-30H,4-12H2,1-3H3,(H,31,33). The van der Waals surface area contributed by atoms with E-state index in [1.807, 2.05) is 4.90 Å². The number of halogens is 1. The van der Waals surface area contributed by atoms with E-state index < -0.39 is 0 Å². The smallest absolute Gasteiger partial charge is 0.229 e. The minimum absolute atomic E-state index is 0.0201. The molecule has 0 radical (unpaired) electrons. The molecule has 11 unspecified atom stereocenters. The van der Waals surface area contributed by atoms with E-state index in [1.165, 1.54) is 0 Å². The van der Waals surface area contributed by atoms with Crippen LogP contribution >= 0.6 is 23.4 Å². The van der Waals surface area contributed by atoms with Gasteiger partial charge in [0.05, 0.1) is 29.5 Å². The molecule has 2 amide bonds. The second-order valence-corrected chi connectivity index (χ2v) is 13.2. The van der Waals surface area contributed by atoms with Crippen LogP contribution in [-0.2, 0) is 19.1 Å². The van der Waals surface area contributed by atoms with Gasteiger partial charge in [0, 0.05) is 64.3 Å². The van der Waals surface area contributed by atoms with Crippen LogP contribution in [0.5, 0.6) is 0 Å². The number of hydrogen-bond acceptors (Lipinski definition) is 9. The van der Waals surface area contributed by atoms with Gasteiger partial charge in [-0.05, 0) is 44.6 Å². The number of rotatable bonds is 6. The minimum Gasteiger partial charge on any atom is -0.381 e. The number of nitrogens with one attached hydrogen (secondary N) is 5. The van der Waals surface area contributed by atoms with Gasteiger partial charge in [-0.1, -0.05) is 0 Å². The Morgan fingerprint density at radius 2 is 1.81 bits per heavy atom. The van der Waals surface area contributed by atoms with Crippen molar-refractivity contribution in [3.05, 3.63) is 0 Å². The summed E-state index contributed by atoms with van der Waals surface area (Å²) < 4.78 is 11.4. The fourth-order valence-corrected chi connectivity index (χ4v) is 8.75. The molecule has 5 N–H and O–H groups in total. The Bertz CT molecular complexity index is 814. The number of nitrogens with zero attached hydrogens (tertiary/aromatic N) is 1. The van der Waals surface area contributed by atoms with Crippen molar-refractivity contribution < 1.29 is 19.1 Å². The van der Waals surface area contributed by atoms with E-state index in [1.54, 1.807) is 26.0 Å². The van der Waals surface area contributed by atoms with Crippen molar-refractivity contribution in [2.45, 2.75) is 66.7 Å². The molecule has 0 aromatic carbocycles. The van der Waals surface area contributed by atoms with E-state index in [0.29, 0.717) is 38.8 Å². The van der Waals surface area contributed by atoms with Crippen molar-refractivity contribution in [3.63, 3.8) is 0 Å². The largest absolute Gasteiger partial charge is 0.381 e. The highest BCUT2D eigenvalue weighted by Gasteiger charge is 2.48. The Hall–Kier alpha value is -0.660. The first-order valence-electron chi connectivity index (χ1n) is 13.8. The maximum Gasteiger partial charge on any atom is 0.229 e. The molecular formula is C25H43ClN6O4S. The van der Waals surface area contributed by atoms with Crippen LogP contribution in [0.2, 0.25) is 0 Å². The van der Waals surface area contributed by atoms with Gasteiger partial charge >= 0.3 is 0 Å². The van der Waals surface area contributed by atoms with E-state index >= 15 is 0 Å². The molecule has 5 fully saturated rings. The number of piperidine rings is 3. The number of likely N-dealkylation sites (tertiary alicyclic amines) is 1. The molecule has 210 valence electrons. The van der Waals surface area contributed by atoms with Gasteiger partial charge in [-0.3, -0.25) is 20.2 Å². The summed E-state index contributed by atoms with van der Waals surface area (Å²) >= 11 is 8.20. The summed E-state index contributed by atoms with van der Waals surface area (Å²) in [7, 11) is 3.45. The maximum absolute atomic E-state index is 13.6. The zero-order chi connectivity index (χ0) is 26.1. The molecule has 0 aromatic heterocycles. The number of methoxy groups -OCH3 is 2. The third-order valence-corrected chi connectivity index (χ3v) is 10.8. The fraction of sp³-hybridized carbons (Fsp3) is 0.920. The van der Waals surface area contributed by atoms with Gasteiger partial charge in [-0.2, -0.15) is 0 Å². The van der Waals surface area contributed by atoms with Crippen LogP contribution in [-0.4, -0.2) is 111 Å². The molecule has 5 rings (SSSR count). The number of carbonyl (C=O) groups excluding carboxylic acids is 2. The Morgan fingerprint density at radius 1 is 1.00 bits per heavy atom. The van der Waals surface area contributed by atoms with Crippen molar-refractivity contribution in [1.82, 2.24) is 31.5 Å². The summed E-state index contributed by atoms with van der Waals surface area (Å²) in [6.45, 7) is 6.48. The molecule has 0 saturated carbocycles. The van der Waals surface area contributed by atoms with Crippen LogP contribution in [0.4, 0.5) is 0 Å². The quantitative estimate of drug-likeness (QED) is 0.222. The third-order valence-electron chi connectivity index (χ3n) is 9.08. The molecule has 5 aliphatic rings. The van der Waals surface area contributed by atoms with Gasteiger partial charge in [0.25, 0.3) is 0 Å². The van der Waals surface area contributed by atoms with E-state index in [0.717, 1.165) is 25.8 Å². The van der Waals surface area contributed by atoms with Gasteiger partial charge in [0.15, 0.2) is 0 Å². The molecule has 5 saturated heterocycles. The monoisotopic (exact) mass is 558 g/mol. The highest BCUT2D eigenvalue weighted by Crippen LogP contribution is 2.38. The molecule has 0 aromatic rings. The van der Waals surface area contributed by atoms with Crippen LogP contribution < -0.4 is 26.6 Å². The number of carbonyl (C=O) groups is 2. The molecule has 12 heteroatoms. The fourth-order valence-electron chi connectivity index (χ4n) is 7.04. The number of thioether (sulfide) groups is 1. The number of ether oxygens (including phenoxy) is 2. The number of hydrogen-bond donors (Lipinski definition) is 5. The summed E-state index contributed by atoms with van der Waals surface area (Å²) in [6, 6.07) is 0.533. The average Bonchev–Trinajstić information content (AvgIpc) is 3.47. The lowest BCUT2D eigenvalue weighted by Gasteiger charge is -2.45. The summed E-state index contributed by atoms with van der Waals surface area (Å²) in [5.74, 6) is 0.442. The zero-order valence-electron chi connectivity index (χ0n) is 22.1. The van der Waals surface area contributed by atoms with Crippen LogP contribution in [0.1, 0.15) is 26.2 Å². The van der Waals surface area contributed by atoms with E-state index in [-0.39, 0.29) is 70.0 Å². The van der Waals surface area contributed by atoms with Gasteiger partial charge in [0.1, 0.15) is 5.50 Å². The predicted molar refractivity (Wildman–Crippen MR) is 144 cm³/mol. The van der Waals surface area contributed by atoms with Crippen LogP contribution in [0.25, 0.3) is 0 Å². The molecule has 0 spiro atoms. The van der Waals surface area contributed by atoms with Gasteiger partial charge in [0.2, 0.25) is 11.8 Å². The van der Waals surface area contributed by atoms with Crippen molar-refractivity contribution in [2.75, 3.05) is 53.5 Å². The first kappa shape index (κ1) is 27.9. The van der Waals surface area contributed by atoms with Crippen LogP contribution in [0.3, 0.4) is 0 Å². The van der Waals surface area contributed by atoms with E-state index in [2.05, 4.69) is 33.5 Å². The Kier molecular flexibility index (Phi) is 9.23. The minimum atomic E-state index is -0.144. The summed E-state index contributed by atoms with van der Waals surface area (Å²) in [6.07, 6.45) is 2.62. The molecule has 10 nitrogen and oxygen atoms in total. The molecule has 5 aliphatic heterocycles. The lowest BCUT2D eigenvalue weighted by molar-refractivity contribution is -0.140. The highest BCUT2D eigenvalue weighted by atomic mass is 35.5. The SMILES string of the molecule is COC1CCNCC1C(=O)N1CC2NC(NC(=O)C3CNC(C)CC3C3CC(Cl)NCC3OC)SC2C1. The first-order chi connectivity index (χ1) is 17.9. The van der Waals surface area contributed by atoms with Crippen LogP contribution in [0, 0.1) is 23.7 Å². The molecule has 37 heavy (non-hydrogen) atoms. The summed E-state index contributed by atoms with van der Waals surface area (Å²) in [4.78, 5) is 28.8. The Morgan fingerprint density at radius 3 is 2.57 bits per heavy atom. The van der Waals surface area contributed by atoms with Crippen molar-refractivity contribution in [2.24, 2.45) is 23.7 Å². The third kappa shape index (κ3) is 6.09. The molecule has 11 atom stereocenters. The Balaban J connectivity index is 1.16. The van der Waals surface area contributed by atoms with Crippen molar-refractivity contribution in [1.29, 1.82) is 0 Å². The average molecular weight is 559 g/mol. The second-order valence-electron chi connectivity index (χ2n) is 11.3. The topological polar surface area (TPSA) is 116 Å². The normalized spacial score (nSPS) is 44.4. The molecule has 0 bridgehead atoms. The zero-order valence-corrected chi connectivity index (χ0v) is 23.7. The highest BCUT2D eigenvalue weighted by molar-refractivity contribution is 8.00. The van der Waals surface area contributed by atoms with Gasteiger partial charge < -0.3 is 30.3 Å². The lowest BCUT2D eigenvalue weighted by atomic mass is 9.70. The molecule has 0 aliphatic carbocycles. The van der Waals surface area contributed by atoms with Crippen molar-refractivity contribution in [3.8, 4) is 0 Å². The first-order valence-corrected chi connectivity index (χ1v) is 15.1. The predicted octanol–water partition coefficient (Wildman–Crippen LogP) is -0.270. The number of fused-ring (bicyclic) bond motifs is 1. The van der Waals surface area contributed by atoms with Crippen LogP contribution in [0.15, 0.2) is 0 Å². The van der Waals surface area contributed by atoms with Crippen molar-refractivity contribution >= 4 is 35.2 Å². The number of alkyl halides is 1. The lowest BCUT2D eigenvalue weighted by Crippen LogP contribution is -2.57. The van der Waals surface area contributed by atoms with Gasteiger partial charge in [-0.15, -0.1) is 23.4 Å². The maximum atomic E-state index is 13.6. The second kappa shape index (κ2) is 12.2. The summed E-state index contributed by atoms with van der Waals surface area (Å²) in [5.41, 5.74) is -0.235. The number of amides is 2. The van der Waals surface area contributed by atoms with E-state index in [4.69, 9.17) is 21.1 Å².